The van der Waals surface area contributed by atoms with Crippen LogP contribution < -0.4 is 10.6 Å². The molecular weight excluding hydrogens is 254 g/mol. The van der Waals surface area contributed by atoms with Crippen molar-refractivity contribution in [1.29, 1.82) is 0 Å². The fourth-order valence-electron chi connectivity index (χ4n) is 2.35. The molecule has 1 heterocycles. The van der Waals surface area contributed by atoms with Gasteiger partial charge in [0.25, 0.3) is 5.91 Å². The zero-order chi connectivity index (χ0) is 14.5. The molecule has 1 aliphatic heterocycles. The molecule has 0 bridgehead atoms. The second-order valence-electron chi connectivity index (χ2n) is 4.99. The van der Waals surface area contributed by atoms with Gasteiger partial charge >= 0.3 is 0 Å². The monoisotopic (exact) mass is 275 g/mol. The van der Waals surface area contributed by atoms with Crippen molar-refractivity contribution in [3.05, 3.63) is 29.3 Å². The van der Waals surface area contributed by atoms with Crippen LogP contribution in [0.4, 0.5) is 5.69 Å². The molecule has 0 unspecified atom stereocenters. The summed E-state index contributed by atoms with van der Waals surface area (Å²) in [6.45, 7) is 6.26. The van der Waals surface area contributed by atoms with Crippen LogP contribution in [0.2, 0.25) is 0 Å². The lowest BCUT2D eigenvalue weighted by Crippen LogP contribution is -2.37. The Bertz CT molecular complexity index is 514. The minimum atomic E-state index is -0.0863. The van der Waals surface area contributed by atoms with Crippen molar-refractivity contribution in [2.24, 2.45) is 0 Å². The first-order chi connectivity index (χ1) is 9.61. The summed E-state index contributed by atoms with van der Waals surface area (Å²) in [5.74, 6) is -0.162. The number of anilines is 1. The van der Waals surface area contributed by atoms with Crippen molar-refractivity contribution < 1.29 is 9.59 Å². The summed E-state index contributed by atoms with van der Waals surface area (Å²) >= 11 is 0. The molecule has 0 radical (unpaired) electrons. The average molecular weight is 275 g/mol. The highest BCUT2D eigenvalue weighted by atomic mass is 16.2. The van der Waals surface area contributed by atoms with Crippen LogP contribution in [0.3, 0.4) is 0 Å². The Morgan fingerprint density at radius 3 is 2.95 bits per heavy atom. The van der Waals surface area contributed by atoms with Gasteiger partial charge in [0.1, 0.15) is 0 Å². The lowest BCUT2D eigenvalue weighted by atomic mass is 10.1. The Labute approximate surface area is 119 Å². The van der Waals surface area contributed by atoms with Gasteiger partial charge in [-0.05, 0) is 44.0 Å². The van der Waals surface area contributed by atoms with Crippen molar-refractivity contribution in [3.63, 3.8) is 0 Å². The van der Waals surface area contributed by atoms with Gasteiger partial charge in [0.15, 0.2) is 0 Å². The van der Waals surface area contributed by atoms with E-state index >= 15 is 0 Å². The molecule has 0 aromatic heterocycles. The van der Waals surface area contributed by atoms with Crippen molar-refractivity contribution in [1.82, 2.24) is 10.2 Å². The van der Waals surface area contributed by atoms with Crippen LogP contribution >= 0.6 is 0 Å². The van der Waals surface area contributed by atoms with Crippen LogP contribution in [0, 0.1) is 6.92 Å². The summed E-state index contributed by atoms with van der Waals surface area (Å²) < 4.78 is 0. The highest BCUT2D eigenvalue weighted by Crippen LogP contribution is 2.18. The van der Waals surface area contributed by atoms with Gasteiger partial charge in [0.05, 0.1) is 6.54 Å². The minimum absolute atomic E-state index is 0.0757. The third-order valence-corrected chi connectivity index (χ3v) is 3.39. The van der Waals surface area contributed by atoms with E-state index in [0.717, 1.165) is 24.2 Å². The molecule has 2 N–H and O–H groups in total. The Morgan fingerprint density at radius 1 is 1.45 bits per heavy atom. The molecule has 2 amide bonds. The van der Waals surface area contributed by atoms with Crippen LogP contribution in [-0.2, 0) is 4.79 Å². The van der Waals surface area contributed by atoms with E-state index in [4.69, 9.17) is 0 Å². The molecule has 1 aliphatic rings. The van der Waals surface area contributed by atoms with E-state index in [1.807, 2.05) is 32.0 Å². The van der Waals surface area contributed by atoms with Crippen LogP contribution in [0.1, 0.15) is 29.3 Å². The Kier molecular flexibility index (Phi) is 4.61. The van der Waals surface area contributed by atoms with Crippen molar-refractivity contribution in [3.8, 4) is 0 Å². The highest BCUT2D eigenvalue weighted by Gasteiger charge is 2.21. The van der Waals surface area contributed by atoms with Gasteiger partial charge in [-0.25, -0.2) is 0 Å². The summed E-state index contributed by atoms with van der Waals surface area (Å²) in [5, 5.41) is 6.02. The normalized spacial score (nSPS) is 15.5. The minimum Gasteiger partial charge on any atom is -0.385 e. The average Bonchev–Trinajstić information content (AvgIpc) is 2.65. The molecule has 1 saturated heterocycles. The number of aryl methyl sites for hydroxylation is 1. The summed E-state index contributed by atoms with van der Waals surface area (Å²) in [6, 6.07) is 5.61. The molecular formula is C15H21N3O2. The topological polar surface area (TPSA) is 61.4 Å². The third kappa shape index (κ3) is 3.29. The number of rotatable bonds is 3. The quantitative estimate of drug-likeness (QED) is 0.876. The molecule has 0 aliphatic carbocycles. The molecule has 5 heteroatoms. The van der Waals surface area contributed by atoms with Crippen molar-refractivity contribution in [2.45, 2.75) is 20.3 Å². The fourth-order valence-corrected chi connectivity index (χ4v) is 2.35. The number of nitrogens with zero attached hydrogens (tertiary/aromatic N) is 1. The Balaban J connectivity index is 2.15. The van der Waals surface area contributed by atoms with Gasteiger partial charge in [0.2, 0.25) is 5.91 Å². The van der Waals surface area contributed by atoms with Crippen molar-refractivity contribution in [2.75, 3.05) is 31.5 Å². The first-order valence-electron chi connectivity index (χ1n) is 7.02. The molecule has 20 heavy (non-hydrogen) atoms. The maximum atomic E-state index is 12.4. The highest BCUT2D eigenvalue weighted by molar-refractivity contribution is 5.97. The SMILES string of the molecule is CCNc1ccc(C(=O)N2CCCNC(=O)C2)cc1C. The van der Waals surface area contributed by atoms with Gasteiger partial charge in [-0.1, -0.05) is 0 Å². The molecule has 2 rings (SSSR count). The summed E-state index contributed by atoms with van der Waals surface area (Å²) in [6.07, 6.45) is 0.798. The van der Waals surface area contributed by atoms with Crippen molar-refractivity contribution >= 4 is 17.5 Å². The maximum absolute atomic E-state index is 12.4. The van der Waals surface area contributed by atoms with E-state index in [2.05, 4.69) is 10.6 Å². The smallest absolute Gasteiger partial charge is 0.254 e. The van der Waals surface area contributed by atoms with Gasteiger partial charge in [0, 0.05) is 30.9 Å². The third-order valence-electron chi connectivity index (χ3n) is 3.39. The fraction of sp³-hybridized carbons (Fsp3) is 0.467. The first kappa shape index (κ1) is 14.4. The number of carbonyl (C=O) groups excluding carboxylic acids is 2. The molecule has 5 nitrogen and oxygen atoms in total. The van der Waals surface area contributed by atoms with E-state index in [1.54, 1.807) is 4.90 Å². The zero-order valence-corrected chi connectivity index (χ0v) is 12.0. The first-order valence-corrected chi connectivity index (χ1v) is 7.02. The molecule has 1 fully saturated rings. The lowest BCUT2D eigenvalue weighted by Gasteiger charge is -2.19. The molecule has 0 spiro atoms. The van der Waals surface area contributed by atoms with Gasteiger partial charge < -0.3 is 15.5 Å². The molecule has 1 aromatic rings. The molecule has 0 saturated carbocycles. The second kappa shape index (κ2) is 6.41. The lowest BCUT2D eigenvalue weighted by molar-refractivity contribution is -0.121. The summed E-state index contributed by atoms with van der Waals surface area (Å²) in [4.78, 5) is 25.6. The molecule has 0 atom stereocenters. The summed E-state index contributed by atoms with van der Waals surface area (Å²) in [7, 11) is 0. The number of nitrogens with one attached hydrogen (secondary N) is 2. The van der Waals surface area contributed by atoms with E-state index in [9.17, 15) is 9.59 Å². The van der Waals surface area contributed by atoms with Gasteiger partial charge in [-0.3, -0.25) is 9.59 Å². The van der Waals surface area contributed by atoms with Crippen LogP contribution in [0.25, 0.3) is 0 Å². The Hall–Kier alpha value is -2.04. The molecule has 108 valence electrons. The van der Waals surface area contributed by atoms with E-state index in [0.29, 0.717) is 18.7 Å². The number of hydrogen-bond donors (Lipinski definition) is 2. The van der Waals surface area contributed by atoms with Crippen LogP contribution in [0.5, 0.6) is 0 Å². The maximum Gasteiger partial charge on any atom is 0.254 e. The number of amides is 2. The largest absolute Gasteiger partial charge is 0.385 e. The predicted octanol–water partition coefficient (Wildman–Crippen LogP) is 1.39. The second-order valence-corrected chi connectivity index (χ2v) is 4.99. The number of carbonyl (C=O) groups is 2. The van der Waals surface area contributed by atoms with Gasteiger partial charge in [-0.2, -0.15) is 0 Å². The van der Waals surface area contributed by atoms with Crippen LogP contribution in [0.15, 0.2) is 18.2 Å². The number of hydrogen-bond acceptors (Lipinski definition) is 3. The van der Waals surface area contributed by atoms with Gasteiger partial charge in [-0.15, -0.1) is 0 Å². The van der Waals surface area contributed by atoms with E-state index < -0.39 is 0 Å². The van der Waals surface area contributed by atoms with E-state index in [-0.39, 0.29) is 18.4 Å². The number of benzene rings is 1. The predicted molar refractivity (Wildman–Crippen MR) is 78.9 cm³/mol. The van der Waals surface area contributed by atoms with E-state index in [1.165, 1.54) is 0 Å². The molecule has 1 aromatic carbocycles. The summed E-state index contributed by atoms with van der Waals surface area (Å²) in [5.41, 5.74) is 2.72. The standard InChI is InChI=1S/C15H21N3O2/c1-3-16-13-6-5-12(9-11(13)2)15(20)18-8-4-7-17-14(19)10-18/h5-6,9,16H,3-4,7-8,10H2,1-2H3,(H,17,19). The zero-order valence-electron chi connectivity index (χ0n) is 12.0. The van der Waals surface area contributed by atoms with Crippen LogP contribution in [-0.4, -0.2) is 42.9 Å². The Morgan fingerprint density at radius 2 is 2.25 bits per heavy atom.